The molecule has 2 heterocycles. The van der Waals surface area contributed by atoms with Crippen molar-refractivity contribution in [2.24, 2.45) is 5.92 Å². The van der Waals surface area contributed by atoms with Gasteiger partial charge in [0.1, 0.15) is 28.7 Å². The van der Waals surface area contributed by atoms with Gasteiger partial charge in [-0.25, -0.2) is 4.79 Å². The molecular formula is C27H45NO11S2. The number of hydrogen-bond donors (Lipinski definition) is 3. The van der Waals surface area contributed by atoms with Crippen LogP contribution in [0.2, 0.25) is 0 Å². The Kier molecular flexibility index (Phi) is 13.7. The highest BCUT2D eigenvalue weighted by molar-refractivity contribution is 8.23. The van der Waals surface area contributed by atoms with Crippen molar-refractivity contribution in [3.8, 4) is 0 Å². The van der Waals surface area contributed by atoms with Gasteiger partial charge in [-0.2, -0.15) is 0 Å². The molecule has 0 aromatic carbocycles. The average Bonchev–Trinajstić information content (AvgIpc) is 3.25. The second-order valence-electron chi connectivity index (χ2n) is 10.6. The van der Waals surface area contributed by atoms with Crippen LogP contribution in [0.4, 0.5) is 0 Å². The topological polar surface area (TPSA) is 159 Å². The lowest BCUT2D eigenvalue weighted by Crippen LogP contribution is -2.66. The van der Waals surface area contributed by atoms with E-state index in [0.29, 0.717) is 10.7 Å². The summed E-state index contributed by atoms with van der Waals surface area (Å²) in [6, 6.07) is -0.697. The van der Waals surface area contributed by atoms with E-state index in [9.17, 15) is 24.6 Å². The smallest absolute Gasteiger partial charge is 0.330 e. The number of nitrogens with one attached hydrogen (secondary N) is 1. The van der Waals surface area contributed by atoms with E-state index in [2.05, 4.69) is 5.32 Å². The Labute approximate surface area is 251 Å². The maximum absolute atomic E-state index is 13.1. The molecule has 236 valence electrons. The quantitative estimate of drug-likeness (QED) is 0.146. The molecule has 12 nitrogen and oxygen atoms in total. The summed E-state index contributed by atoms with van der Waals surface area (Å²) in [5, 5.41) is 25.1. The van der Waals surface area contributed by atoms with Gasteiger partial charge in [-0.15, -0.1) is 0 Å². The minimum absolute atomic E-state index is 0.0164. The van der Waals surface area contributed by atoms with Gasteiger partial charge in [-0.05, 0) is 27.2 Å². The summed E-state index contributed by atoms with van der Waals surface area (Å²) >= 11 is 6.50. The second-order valence-corrected chi connectivity index (χ2v) is 12.7. The van der Waals surface area contributed by atoms with Crippen LogP contribution in [-0.2, 0) is 42.8 Å². The molecule has 0 radical (unpaired) electrons. The van der Waals surface area contributed by atoms with Crippen LogP contribution in [0.15, 0.2) is 0 Å². The Balaban J connectivity index is 2.22. The number of hydrogen-bond acceptors (Lipinski definition) is 13. The Bertz CT molecular complexity index is 922. The van der Waals surface area contributed by atoms with Gasteiger partial charge in [-0.1, -0.05) is 44.8 Å². The number of aliphatic hydroxyl groups is 2. The minimum Gasteiger partial charge on any atom is -0.466 e. The van der Waals surface area contributed by atoms with Crippen LogP contribution in [0.25, 0.3) is 0 Å². The fourth-order valence-electron chi connectivity index (χ4n) is 4.82. The SMILES string of the molecule is CC[C@@H](C)C(=O)O[C@H](C)[C@@]1(O)[C@@H](C)O[C@@H](O[C@H]([C@H](C)O)[C@H](CCOC(C)=O)OC(=O)[C@@H]2NC(=S)S[C@H]2C)C[C@H]1OC. The molecule has 2 aliphatic rings. The summed E-state index contributed by atoms with van der Waals surface area (Å²) < 4.78 is 34.7. The standard InChI is InChI=1S/C27H45NO11S2/c1-9-13(2)24(31)37-17(6)27(33)16(5)36-21(12-20(27)34-8)39-23(14(3)29)19(10-11-35-18(7)30)38-25(32)22-15(4)41-26(40)28-22/h13-17,19-23,29,33H,9-12H2,1-8H3,(H,28,40)/t13-,14+,15+,16-,17-,19+,20-,21+,22-,23-,27+/m1/s1. The summed E-state index contributed by atoms with van der Waals surface area (Å²) in [4.78, 5) is 36.9. The van der Waals surface area contributed by atoms with Gasteiger partial charge in [-0.3, -0.25) is 9.59 Å². The highest BCUT2D eigenvalue weighted by Crippen LogP contribution is 2.37. The van der Waals surface area contributed by atoms with Gasteiger partial charge >= 0.3 is 17.9 Å². The number of aliphatic hydroxyl groups excluding tert-OH is 1. The zero-order chi connectivity index (χ0) is 31.1. The lowest BCUT2D eigenvalue weighted by atomic mass is 9.81. The summed E-state index contributed by atoms with van der Waals surface area (Å²) in [6.45, 7) is 11.3. The first kappa shape index (κ1) is 35.6. The van der Waals surface area contributed by atoms with Gasteiger partial charge in [0.05, 0.1) is 30.8 Å². The molecule has 0 unspecified atom stereocenters. The fourth-order valence-corrected chi connectivity index (χ4v) is 6.25. The van der Waals surface area contributed by atoms with Crippen LogP contribution < -0.4 is 5.32 Å². The predicted octanol–water partition coefficient (Wildman–Crippen LogP) is 1.85. The number of thioether (sulfide) groups is 1. The monoisotopic (exact) mass is 623 g/mol. The van der Waals surface area contributed by atoms with E-state index in [1.54, 1.807) is 20.8 Å². The summed E-state index contributed by atoms with van der Waals surface area (Å²) in [5.41, 5.74) is -1.69. The maximum atomic E-state index is 13.1. The maximum Gasteiger partial charge on any atom is 0.330 e. The molecule has 14 heteroatoms. The van der Waals surface area contributed by atoms with Gasteiger partial charge in [0.2, 0.25) is 0 Å². The van der Waals surface area contributed by atoms with E-state index in [-0.39, 0.29) is 30.6 Å². The number of ether oxygens (including phenoxy) is 6. The van der Waals surface area contributed by atoms with E-state index in [1.165, 1.54) is 32.7 Å². The van der Waals surface area contributed by atoms with Gasteiger partial charge in [0.25, 0.3) is 0 Å². The molecule has 0 bridgehead atoms. The molecule has 0 aromatic rings. The van der Waals surface area contributed by atoms with Crippen LogP contribution in [0.1, 0.15) is 67.7 Å². The molecule has 2 rings (SSSR count). The van der Waals surface area contributed by atoms with Gasteiger partial charge < -0.3 is 44.0 Å². The van der Waals surface area contributed by atoms with E-state index < -0.39 is 72.5 Å². The van der Waals surface area contributed by atoms with Gasteiger partial charge in [0.15, 0.2) is 11.9 Å². The molecule has 0 aliphatic carbocycles. The molecule has 0 aromatic heterocycles. The van der Waals surface area contributed by atoms with Crippen molar-refractivity contribution in [1.82, 2.24) is 5.32 Å². The summed E-state index contributed by atoms with van der Waals surface area (Å²) in [7, 11) is 1.42. The third-order valence-electron chi connectivity index (χ3n) is 7.59. The van der Waals surface area contributed by atoms with E-state index in [0.717, 1.165) is 0 Å². The second kappa shape index (κ2) is 15.8. The van der Waals surface area contributed by atoms with Crippen LogP contribution >= 0.6 is 24.0 Å². The zero-order valence-electron chi connectivity index (χ0n) is 25.0. The molecule has 2 fully saturated rings. The molecule has 2 saturated heterocycles. The van der Waals surface area contributed by atoms with Crippen molar-refractivity contribution in [3.63, 3.8) is 0 Å². The minimum atomic E-state index is -1.69. The molecule has 0 amide bonds. The zero-order valence-corrected chi connectivity index (χ0v) is 26.6. The third-order valence-corrected chi connectivity index (χ3v) is 8.97. The fraction of sp³-hybridized carbons (Fsp3) is 0.852. The normalized spacial score (nSPS) is 31.8. The van der Waals surface area contributed by atoms with Crippen LogP contribution in [0.3, 0.4) is 0 Å². The van der Waals surface area contributed by atoms with Crippen molar-refractivity contribution >= 4 is 46.2 Å². The van der Waals surface area contributed by atoms with Crippen molar-refractivity contribution in [3.05, 3.63) is 0 Å². The van der Waals surface area contributed by atoms with Crippen molar-refractivity contribution in [2.45, 2.75) is 128 Å². The third kappa shape index (κ3) is 9.22. The van der Waals surface area contributed by atoms with E-state index >= 15 is 0 Å². The Morgan fingerprint density at radius 2 is 1.88 bits per heavy atom. The Hall–Kier alpha value is -1.55. The predicted molar refractivity (Wildman–Crippen MR) is 154 cm³/mol. The first-order valence-corrected chi connectivity index (χ1v) is 15.2. The van der Waals surface area contributed by atoms with Crippen molar-refractivity contribution in [1.29, 1.82) is 0 Å². The Morgan fingerprint density at radius 3 is 2.39 bits per heavy atom. The first-order valence-electron chi connectivity index (χ1n) is 13.9. The Morgan fingerprint density at radius 1 is 1.22 bits per heavy atom. The highest BCUT2D eigenvalue weighted by Gasteiger charge is 2.55. The summed E-state index contributed by atoms with van der Waals surface area (Å²) in [6.07, 6.45) is -6.33. The molecular weight excluding hydrogens is 578 g/mol. The molecule has 11 atom stereocenters. The molecule has 3 N–H and O–H groups in total. The number of thiocarbonyl (C=S) groups is 1. The van der Waals surface area contributed by atoms with Gasteiger partial charge in [0, 0.05) is 32.1 Å². The van der Waals surface area contributed by atoms with Crippen LogP contribution in [-0.4, -0.2) is 106 Å². The number of esters is 3. The molecule has 41 heavy (non-hydrogen) atoms. The molecule has 2 aliphatic heterocycles. The van der Waals surface area contributed by atoms with Crippen LogP contribution in [0.5, 0.6) is 0 Å². The number of rotatable bonds is 14. The average molecular weight is 624 g/mol. The van der Waals surface area contributed by atoms with Crippen molar-refractivity contribution in [2.75, 3.05) is 13.7 Å². The van der Waals surface area contributed by atoms with E-state index in [4.69, 9.17) is 40.6 Å². The number of carbonyl (C=O) groups excluding carboxylic acids is 3. The highest BCUT2D eigenvalue weighted by atomic mass is 32.2. The van der Waals surface area contributed by atoms with E-state index in [1.807, 2.05) is 13.8 Å². The lowest BCUT2D eigenvalue weighted by molar-refractivity contribution is -0.323. The largest absolute Gasteiger partial charge is 0.466 e. The number of methoxy groups -OCH3 is 1. The molecule has 0 saturated carbocycles. The lowest BCUT2D eigenvalue weighted by Gasteiger charge is -2.49. The number of carbonyl (C=O) groups is 3. The van der Waals surface area contributed by atoms with Crippen LogP contribution in [0, 0.1) is 5.92 Å². The molecule has 0 spiro atoms. The van der Waals surface area contributed by atoms with Crippen molar-refractivity contribution < 1.29 is 53.0 Å². The first-order chi connectivity index (χ1) is 19.1. The summed E-state index contributed by atoms with van der Waals surface area (Å²) in [5.74, 6) is -1.88.